The highest BCUT2D eigenvalue weighted by Crippen LogP contribution is 2.47. The van der Waals surface area contributed by atoms with Crippen LogP contribution in [-0.4, -0.2) is 33.2 Å². The van der Waals surface area contributed by atoms with E-state index in [0.717, 1.165) is 29.0 Å². The van der Waals surface area contributed by atoms with Gasteiger partial charge in [0, 0.05) is 42.5 Å². The van der Waals surface area contributed by atoms with Crippen molar-refractivity contribution in [3.05, 3.63) is 64.7 Å². The Morgan fingerprint density at radius 3 is 2.76 bits per heavy atom. The Labute approximate surface area is 169 Å². The minimum atomic E-state index is -0.0515. The maximum atomic E-state index is 12.2. The summed E-state index contributed by atoms with van der Waals surface area (Å²) in [6, 6.07) is 7.44. The van der Waals surface area contributed by atoms with Gasteiger partial charge in [-0.05, 0) is 44.0 Å². The van der Waals surface area contributed by atoms with Crippen LogP contribution in [0.1, 0.15) is 30.8 Å². The third-order valence-electron chi connectivity index (χ3n) is 5.25. The predicted octanol–water partition coefficient (Wildman–Crippen LogP) is 3.22. The lowest BCUT2D eigenvalue weighted by atomic mass is 10.1. The van der Waals surface area contributed by atoms with Gasteiger partial charge in [0.25, 0.3) is 5.56 Å². The standard InChI is InChI=1S/C22H24N4O3/c1-4-26-8-7-15(10-21(26)27)19-12-23-14(2)25-22(19)29-13-16-9-18(16)20-6-5-17(28-3)11-24-20/h5-8,10-12,16,18H,4,9,13H2,1-3H3. The summed E-state index contributed by atoms with van der Waals surface area (Å²) in [6.07, 6.45) is 6.28. The molecule has 3 heterocycles. The van der Waals surface area contributed by atoms with Crippen LogP contribution in [0.2, 0.25) is 0 Å². The highest BCUT2D eigenvalue weighted by molar-refractivity contribution is 5.67. The molecule has 7 heteroatoms. The zero-order chi connectivity index (χ0) is 20.4. The van der Waals surface area contributed by atoms with Crippen LogP contribution in [0.5, 0.6) is 11.6 Å². The first-order valence-corrected chi connectivity index (χ1v) is 9.76. The Kier molecular flexibility index (Phi) is 5.29. The van der Waals surface area contributed by atoms with Crippen LogP contribution in [0.15, 0.2) is 47.7 Å². The molecule has 3 aromatic rings. The lowest BCUT2D eigenvalue weighted by Crippen LogP contribution is -2.17. The maximum Gasteiger partial charge on any atom is 0.251 e. The molecule has 0 aromatic carbocycles. The normalized spacial score (nSPS) is 17.8. The highest BCUT2D eigenvalue weighted by Gasteiger charge is 2.40. The molecule has 0 amide bonds. The lowest BCUT2D eigenvalue weighted by Gasteiger charge is -2.11. The fourth-order valence-corrected chi connectivity index (χ4v) is 3.41. The van der Waals surface area contributed by atoms with Crippen molar-refractivity contribution in [1.29, 1.82) is 0 Å². The summed E-state index contributed by atoms with van der Waals surface area (Å²) in [4.78, 5) is 25.4. The molecule has 0 aliphatic heterocycles. The van der Waals surface area contributed by atoms with Crippen LogP contribution >= 0.6 is 0 Å². The van der Waals surface area contributed by atoms with Crippen LogP contribution in [0, 0.1) is 12.8 Å². The number of hydrogen-bond donors (Lipinski definition) is 0. The van der Waals surface area contributed by atoms with E-state index in [9.17, 15) is 4.79 Å². The van der Waals surface area contributed by atoms with Crippen molar-refractivity contribution in [2.24, 2.45) is 5.92 Å². The topological polar surface area (TPSA) is 79.1 Å². The van der Waals surface area contributed by atoms with Crippen molar-refractivity contribution in [2.75, 3.05) is 13.7 Å². The van der Waals surface area contributed by atoms with Crippen molar-refractivity contribution in [2.45, 2.75) is 32.7 Å². The SMILES string of the molecule is CCn1ccc(-c2cnc(C)nc2OCC2CC2c2ccc(OC)cn2)cc1=O. The monoisotopic (exact) mass is 392 g/mol. The van der Waals surface area contributed by atoms with E-state index in [0.29, 0.717) is 36.7 Å². The second-order valence-electron chi connectivity index (χ2n) is 7.21. The van der Waals surface area contributed by atoms with Gasteiger partial charge in [-0.3, -0.25) is 9.78 Å². The minimum Gasteiger partial charge on any atom is -0.495 e. The van der Waals surface area contributed by atoms with E-state index in [-0.39, 0.29) is 5.56 Å². The first-order chi connectivity index (χ1) is 14.1. The fraction of sp³-hybridized carbons (Fsp3) is 0.364. The Hall–Kier alpha value is -3.22. The van der Waals surface area contributed by atoms with Gasteiger partial charge in [-0.1, -0.05) is 0 Å². The Morgan fingerprint density at radius 2 is 2.07 bits per heavy atom. The number of pyridine rings is 2. The van der Waals surface area contributed by atoms with Crippen molar-refractivity contribution in [1.82, 2.24) is 19.5 Å². The van der Waals surface area contributed by atoms with E-state index in [4.69, 9.17) is 9.47 Å². The summed E-state index contributed by atoms with van der Waals surface area (Å²) in [5.74, 6) is 2.69. The summed E-state index contributed by atoms with van der Waals surface area (Å²) in [6.45, 7) is 4.95. The average molecular weight is 392 g/mol. The molecule has 0 saturated heterocycles. The number of aromatic nitrogens is 4. The van der Waals surface area contributed by atoms with Gasteiger partial charge in [0.1, 0.15) is 11.6 Å². The second-order valence-corrected chi connectivity index (χ2v) is 7.21. The third-order valence-corrected chi connectivity index (χ3v) is 5.25. The molecule has 2 atom stereocenters. The molecule has 0 bridgehead atoms. The molecule has 29 heavy (non-hydrogen) atoms. The molecule has 7 nitrogen and oxygen atoms in total. The summed E-state index contributed by atoms with van der Waals surface area (Å²) < 4.78 is 12.9. The Balaban J connectivity index is 1.48. The molecule has 3 aromatic heterocycles. The number of aryl methyl sites for hydroxylation is 2. The Morgan fingerprint density at radius 1 is 1.21 bits per heavy atom. The molecule has 1 aliphatic rings. The van der Waals surface area contributed by atoms with Gasteiger partial charge >= 0.3 is 0 Å². The largest absolute Gasteiger partial charge is 0.495 e. The highest BCUT2D eigenvalue weighted by atomic mass is 16.5. The molecule has 0 radical (unpaired) electrons. The van der Waals surface area contributed by atoms with Crippen LogP contribution in [0.25, 0.3) is 11.1 Å². The summed E-state index contributed by atoms with van der Waals surface area (Å²) in [7, 11) is 1.63. The first-order valence-electron chi connectivity index (χ1n) is 9.76. The Bertz CT molecular complexity index is 1060. The van der Waals surface area contributed by atoms with Crippen LogP contribution in [0.3, 0.4) is 0 Å². The predicted molar refractivity (Wildman–Crippen MR) is 109 cm³/mol. The molecule has 1 fully saturated rings. The molecule has 2 unspecified atom stereocenters. The molecule has 4 rings (SSSR count). The van der Waals surface area contributed by atoms with Gasteiger partial charge in [0.05, 0.1) is 25.5 Å². The van der Waals surface area contributed by atoms with Gasteiger partial charge < -0.3 is 14.0 Å². The lowest BCUT2D eigenvalue weighted by molar-refractivity contribution is 0.285. The molecular formula is C22H24N4O3. The minimum absolute atomic E-state index is 0.0515. The number of nitrogens with zero attached hydrogens (tertiary/aromatic N) is 4. The number of ether oxygens (including phenoxy) is 2. The van der Waals surface area contributed by atoms with Gasteiger partial charge in [-0.25, -0.2) is 4.98 Å². The zero-order valence-corrected chi connectivity index (χ0v) is 16.8. The van der Waals surface area contributed by atoms with Crippen LogP contribution in [0.4, 0.5) is 0 Å². The zero-order valence-electron chi connectivity index (χ0n) is 16.8. The third kappa shape index (κ3) is 4.13. The van der Waals surface area contributed by atoms with E-state index >= 15 is 0 Å². The fourth-order valence-electron chi connectivity index (χ4n) is 3.41. The number of rotatable bonds is 7. The molecule has 150 valence electrons. The van der Waals surface area contributed by atoms with E-state index in [2.05, 4.69) is 15.0 Å². The molecule has 1 saturated carbocycles. The molecule has 1 aliphatic carbocycles. The van der Waals surface area contributed by atoms with Crippen LogP contribution in [-0.2, 0) is 6.54 Å². The average Bonchev–Trinajstić information content (AvgIpc) is 3.52. The maximum absolute atomic E-state index is 12.2. The van der Waals surface area contributed by atoms with Gasteiger partial charge in [0.15, 0.2) is 0 Å². The van der Waals surface area contributed by atoms with Crippen molar-refractivity contribution in [3.63, 3.8) is 0 Å². The van der Waals surface area contributed by atoms with Gasteiger partial charge in [-0.2, -0.15) is 4.98 Å². The van der Waals surface area contributed by atoms with E-state index in [1.54, 1.807) is 36.3 Å². The summed E-state index contributed by atoms with van der Waals surface area (Å²) in [5, 5.41) is 0. The van der Waals surface area contributed by atoms with E-state index < -0.39 is 0 Å². The first kappa shape index (κ1) is 19.1. The van der Waals surface area contributed by atoms with Gasteiger partial charge in [-0.15, -0.1) is 0 Å². The van der Waals surface area contributed by atoms with Crippen molar-refractivity contribution >= 4 is 0 Å². The van der Waals surface area contributed by atoms with Crippen LogP contribution < -0.4 is 15.0 Å². The summed E-state index contributed by atoms with van der Waals surface area (Å²) in [5.41, 5.74) is 2.50. The molecule has 0 spiro atoms. The molecular weight excluding hydrogens is 368 g/mol. The quantitative estimate of drug-likeness (QED) is 0.614. The van der Waals surface area contributed by atoms with E-state index in [1.807, 2.05) is 32.0 Å². The van der Waals surface area contributed by atoms with E-state index in [1.165, 1.54) is 0 Å². The number of hydrogen-bond acceptors (Lipinski definition) is 6. The van der Waals surface area contributed by atoms with Gasteiger partial charge in [0.2, 0.25) is 5.88 Å². The molecule has 0 N–H and O–H groups in total. The second kappa shape index (κ2) is 8.03. The number of methoxy groups -OCH3 is 1. The van der Waals surface area contributed by atoms with Crippen molar-refractivity contribution < 1.29 is 9.47 Å². The van der Waals surface area contributed by atoms with Crippen molar-refractivity contribution in [3.8, 4) is 22.8 Å². The smallest absolute Gasteiger partial charge is 0.251 e. The summed E-state index contributed by atoms with van der Waals surface area (Å²) >= 11 is 0.